The second kappa shape index (κ2) is 9.85. The fourth-order valence-corrected chi connectivity index (χ4v) is 2.52. The number of carbonyl (C=O) groups is 3. The van der Waals surface area contributed by atoms with Gasteiger partial charge in [-0.1, -0.05) is 0 Å². The predicted octanol–water partition coefficient (Wildman–Crippen LogP) is 1.75. The first-order chi connectivity index (χ1) is 11.4. The second-order valence-corrected chi connectivity index (χ2v) is 5.88. The summed E-state index contributed by atoms with van der Waals surface area (Å²) in [5.41, 5.74) is 1.22. The van der Waals surface area contributed by atoms with Crippen LogP contribution in [0.5, 0.6) is 0 Å². The maximum Gasteiger partial charge on any atom is 0.313 e. The Kier molecular flexibility index (Phi) is 8.15. The summed E-state index contributed by atoms with van der Waals surface area (Å²) >= 11 is 0. The summed E-state index contributed by atoms with van der Waals surface area (Å²) < 4.78 is 9.41. The highest BCUT2D eigenvalue weighted by atomic mass is 16.5. The molecule has 0 aliphatic heterocycles. The van der Waals surface area contributed by atoms with Crippen LogP contribution in [0.1, 0.15) is 46.0 Å². The first-order valence-corrected chi connectivity index (χ1v) is 8.15. The molecule has 1 rings (SSSR count). The fraction of sp³-hybridized carbons (Fsp3) is 0.647. The Bertz CT molecular complexity index is 527. The summed E-state index contributed by atoms with van der Waals surface area (Å²) in [5, 5.41) is 11.1. The van der Waals surface area contributed by atoms with Crippen molar-refractivity contribution < 1.29 is 23.9 Å². The number of ketones is 1. The summed E-state index contributed by atoms with van der Waals surface area (Å²) in [4.78, 5) is 34.8. The highest BCUT2D eigenvalue weighted by Crippen LogP contribution is 2.27. The van der Waals surface area contributed by atoms with E-state index in [2.05, 4.69) is 10.1 Å². The molecule has 2 N–H and O–H groups in total. The minimum absolute atomic E-state index is 0.131. The van der Waals surface area contributed by atoms with Gasteiger partial charge in [-0.15, -0.1) is 0 Å². The molecule has 24 heavy (non-hydrogen) atoms. The Morgan fingerprint density at radius 3 is 2.71 bits per heavy atom. The van der Waals surface area contributed by atoms with E-state index in [1.807, 2.05) is 6.92 Å². The number of nitrogens with one attached hydrogen (secondary N) is 2. The molecule has 7 nitrogen and oxygen atoms in total. The van der Waals surface area contributed by atoms with Crippen molar-refractivity contribution in [3.8, 4) is 0 Å². The number of Topliss-reactive ketones (excluding diaryl/α,β-unsaturated/α-hetero) is 1. The molecule has 0 aromatic rings. The average molecular weight is 338 g/mol. The zero-order valence-corrected chi connectivity index (χ0v) is 14.5. The first kappa shape index (κ1) is 19.9. The van der Waals surface area contributed by atoms with Crippen LogP contribution in [-0.2, 0) is 23.9 Å². The topological polar surface area (TPSA) is 106 Å². The lowest BCUT2D eigenvalue weighted by Crippen LogP contribution is -2.29. The molecular formula is C17H26N2O5. The largest absolute Gasteiger partial charge is 0.469 e. The van der Waals surface area contributed by atoms with Gasteiger partial charge in [0.15, 0.2) is 0 Å². The molecule has 0 saturated heterocycles. The van der Waals surface area contributed by atoms with Crippen molar-refractivity contribution in [2.75, 3.05) is 13.7 Å². The van der Waals surface area contributed by atoms with Gasteiger partial charge in [0.05, 0.1) is 20.1 Å². The smallest absolute Gasteiger partial charge is 0.313 e. The highest BCUT2D eigenvalue weighted by Gasteiger charge is 2.28. The van der Waals surface area contributed by atoms with E-state index in [1.165, 1.54) is 7.11 Å². The number of hydrogen-bond donors (Lipinski definition) is 2. The van der Waals surface area contributed by atoms with Crippen molar-refractivity contribution in [2.24, 2.45) is 5.92 Å². The summed E-state index contributed by atoms with van der Waals surface area (Å²) in [5.74, 6) is -1.23. The average Bonchev–Trinajstić information content (AvgIpc) is 2.53. The van der Waals surface area contributed by atoms with Crippen LogP contribution in [0, 0.1) is 11.3 Å². The number of carbonyl (C=O) groups excluding carboxylic acids is 3. The minimum Gasteiger partial charge on any atom is -0.469 e. The number of allylic oxidation sites excluding steroid dienone is 1. The molecule has 1 aliphatic rings. The molecule has 7 heteroatoms. The van der Waals surface area contributed by atoms with E-state index in [9.17, 15) is 14.4 Å². The zero-order chi connectivity index (χ0) is 18.1. The summed E-state index contributed by atoms with van der Waals surface area (Å²) in [6.45, 7) is 3.80. The Labute approximate surface area is 142 Å². The van der Waals surface area contributed by atoms with Gasteiger partial charge in [-0.05, 0) is 38.7 Å². The first-order valence-electron chi connectivity index (χ1n) is 8.15. The van der Waals surface area contributed by atoms with Crippen LogP contribution in [0.3, 0.4) is 0 Å². The van der Waals surface area contributed by atoms with E-state index in [0.29, 0.717) is 25.0 Å². The van der Waals surface area contributed by atoms with Gasteiger partial charge in [0.2, 0.25) is 0 Å². The van der Waals surface area contributed by atoms with Gasteiger partial charge in [0, 0.05) is 23.9 Å². The van der Waals surface area contributed by atoms with Crippen LogP contribution in [0.4, 0.5) is 0 Å². The quantitative estimate of drug-likeness (QED) is 0.516. The molecule has 0 bridgehead atoms. The maximum absolute atomic E-state index is 12.2. The van der Waals surface area contributed by atoms with Gasteiger partial charge in [0.25, 0.3) is 0 Å². The SMILES string of the molecule is CCOC(=O)CC(=O)C1CCC(=N)/C(=C\NC(C)CC(=O)OC)C1. The molecule has 2 atom stereocenters. The van der Waals surface area contributed by atoms with Crippen molar-refractivity contribution in [2.45, 2.75) is 52.0 Å². The third-order valence-electron chi connectivity index (χ3n) is 3.92. The van der Waals surface area contributed by atoms with Crippen LogP contribution >= 0.6 is 0 Å². The molecule has 1 aliphatic carbocycles. The number of ether oxygens (including phenoxy) is 2. The Morgan fingerprint density at radius 2 is 2.08 bits per heavy atom. The third kappa shape index (κ3) is 6.52. The van der Waals surface area contributed by atoms with Crippen molar-refractivity contribution in [3.63, 3.8) is 0 Å². The van der Waals surface area contributed by atoms with Gasteiger partial charge in [-0.25, -0.2) is 0 Å². The molecular weight excluding hydrogens is 312 g/mol. The van der Waals surface area contributed by atoms with Crippen molar-refractivity contribution in [1.29, 1.82) is 5.41 Å². The van der Waals surface area contributed by atoms with E-state index in [-0.39, 0.29) is 43.2 Å². The van der Waals surface area contributed by atoms with Crippen LogP contribution in [0.15, 0.2) is 11.8 Å². The van der Waals surface area contributed by atoms with Crippen molar-refractivity contribution >= 4 is 23.4 Å². The monoisotopic (exact) mass is 338 g/mol. The molecule has 2 unspecified atom stereocenters. The molecule has 134 valence electrons. The van der Waals surface area contributed by atoms with Gasteiger partial charge in [-0.2, -0.15) is 0 Å². The van der Waals surface area contributed by atoms with Gasteiger partial charge < -0.3 is 20.2 Å². The molecule has 0 aromatic heterocycles. The Balaban J connectivity index is 2.60. The summed E-state index contributed by atoms with van der Waals surface area (Å²) in [6, 6.07) is -0.131. The molecule has 1 saturated carbocycles. The Morgan fingerprint density at radius 1 is 1.38 bits per heavy atom. The third-order valence-corrected chi connectivity index (χ3v) is 3.92. The summed E-state index contributed by atoms with van der Waals surface area (Å²) in [6.07, 6.45) is 3.20. The lowest BCUT2D eigenvalue weighted by atomic mass is 9.81. The molecule has 0 heterocycles. The fourth-order valence-electron chi connectivity index (χ4n) is 2.52. The number of hydrogen-bond acceptors (Lipinski definition) is 7. The van der Waals surface area contributed by atoms with E-state index >= 15 is 0 Å². The lowest BCUT2D eigenvalue weighted by molar-refractivity contribution is -0.146. The minimum atomic E-state index is -0.501. The maximum atomic E-state index is 12.2. The van der Waals surface area contributed by atoms with Gasteiger partial charge >= 0.3 is 11.9 Å². The van der Waals surface area contributed by atoms with Crippen molar-refractivity contribution in [1.82, 2.24) is 5.32 Å². The molecule has 0 radical (unpaired) electrons. The molecule has 1 fully saturated rings. The number of rotatable bonds is 8. The lowest BCUT2D eigenvalue weighted by Gasteiger charge is -2.24. The van der Waals surface area contributed by atoms with Crippen LogP contribution in [-0.4, -0.2) is 43.2 Å². The Hall–Kier alpha value is -2.18. The van der Waals surface area contributed by atoms with Gasteiger partial charge in [-0.3, -0.25) is 14.4 Å². The van der Waals surface area contributed by atoms with E-state index in [0.717, 1.165) is 5.57 Å². The molecule has 0 aromatic carbocycles. The molecule has 0 amide bonds. The van der Waals surface area contributed by atoms with E-state index < -0.39 is 5.97 Å². The van der Waals surface area contributed by atoms with Crippen LogP contribution in [0.2, 0.25) is 0 Å². The van der Waals surface area contributed by atoms with Crippen molar-refractivity contribution in [3.05, 3.63) is 11.8 Å². The van der Waals surface area contributed by atoms with Crippen LogP contribution in [0.25, 0.3) is 0 Å². The summed E-state index contributed by atoms with van der Waals surface area (Å²) in [7, 11) is 1.34. The normalized spacial score (nSPS) is 20.4. The second-order valence-electron chi connectivity index (χ2n) is 5.88. The molecule has 0 spiro atoms. The van der Waals surface area contributed by atoms with E-state index in [1.54, 1.807) is 13.1 Å². The number of methoxy groups -OCH3 is 1. The highest BCUT2D eigenvalue weighted by molar-refractivity contribution is 6.02. The van der Waals surface area contributed by atoms with E-state index in [4.69, 9.17) is 10.1 Å². The standard InChI is InChI=1S/C17H26N2O5/c1-4-24-17(22)9-15(20)12-5-6-14(18)13(8-12)10-19-11(2)7-16(21)23-3/h10-12,18-19H,4-9H2,1-3H3/b13-10-,18-14?. The number of esters is 2. The zero-order valence-electron chi connectivity index (χ0n) is 14.5. The predicted molar refractivity (Wildman–Crippen MR) is 88.6 cm³/mol. The van der Waals surface area contributed by atoms with Crippen LogP contribution < -0.4 is 5.32 Å². The van der Waals surface area contributed by atoms with Gasteiger partial charge in [0.1, 0.15) is 12.2 Å².